The molecule has 0 aromatic carbocycles. The molecule has 8 rings (SSSR count). The Balaban J connectivity index is 1.01. The first-order chi connectivity index (χ1) is 31.8. The van der Waals surface area contributed by atoms with Crippen LogP contribution in [-0.2, 0) is 52.3 Å². The molecular formula is C50H78O18. The topological polar surface area (TPSA) is 267 Å². The minimum absolute atomic E-state index is 0.00775. The molecule has 0 aromatic heterocycles. The maximum absolute atomic E-state index is 13.2. The van der Waals surface area contributed by atoms with Crippen molar-refractivity contribution in [3.05, 3.63) is 11.6 Å². The lowest BCUT2D eigenvalue weighted by molar-refractivity contribution is -0.379. The molecule has 0 aromatic rings. The quantitative estimate of drug-likeness (QED) is 0.0942. The number of carbonyl (C=O) groups is 3. The number of carboxylic acids is 1. The highest BCUT2D eigenvalue weighted by molar-refractivity contribution is 5.76. The second kappa shape index (κ2) is 18.6. The van der Waals surface area contributed by atoms with Gasteiger partial charge in [-0.2, -0.15) is 0 Å². The molecule has 3 aliphatic heterocycles. The van der Waals surface area contributed by atoms with E-state index in [1.807, 2.05) is 6.92 Å². The molecule has 0 radical (unpaired) electrons. The van der Waals surface area contributed by atoms with E-state index in [4.69, 9.17) is 37.9 Å². The molecular weight excluding hydrogens is 889 g/mol. The van der Waals surface area contributed by atoms with Gasteiger partial charge in [0.15, 0.2) is 31.1 Å². The second-order valence-corrected chi connectivity index (χ2v) is 23.6. The van der Waals surface area contributed by atoms with Crippen molar-refractivity contribution >= 4 is 17.9 Å². The summed E-state index contributed by atoms with van der Waals surface area (Å²) in [7, 11) is 0. The Hall–Kier alpha value is -2.33. The number of esters is 2. The minimum Gasteiger partial charge on any atom is -0.481 e. The van der Waals surface area contributed by atoms with Crippen molar-refractivity contribution in [3.8, 4) is 0 Å². The van der Waals surface area contributed by atoms with E-state index < -0.39 is 115 Å². The van der Waals surface area contributed by atoms with Crippen LogP contribution in [0.15, 0.2) is 11.6 Å². The second-order valence-electron chi connectivity index (χ2n) is 23.6. The highest BCUT2D eigenvalue weighted by atomic mass is 16.8. The molecule has 0 spiro atoms. The summed E-state index contributed by atoms with van der Waals surface area (Å²) >= 11 is 0. The molecule has 0 amide bonds. The third-order valence-corrected chi connectivity index (χ3v) is 19.3. The molecule has 8 aliphatic rings. The number of carbonyl (C=O) groups excluding carboxylic acids is 2. The van der Waals surface area contributed by atoms with Crippen LogP contribution in [0.4, 0.5) is 0 Å². The normalized spacial score (nSPS) is 51.1. The van der Waals surface area contributed by atoms with Gasteiger partial charge in [-0.25, -0.2) is 0 Å². The number of aliphatic carboxylic acids is 1. The summed E-state index contributed by atoms with van der Waals surface area (Å²) in [6.07, 6.45) is -9.55. The van der Waals surface area contributed by atoms with Crippen molar-refractivity contribution in [2.45, 2.75) is 213 Å². The Morgan fingerprint density at radius 3 is 2.01 bits per heavy atom. The van der Waals surface area contributed by atoms with Gasteiger partial charge in [0, 0.05) is 19.3 Å². The van der Waals surface area contributed by atoms with Gasteiger partial charge in [-0.15, -0.1) is 0 Å². The van der Waals surface area contributed by atoms with E-state index in [0.717, 1.165) is 58.8 Å². The van der Waals surface area contributed by atoms with Crippen molar-refractivity contribution in [1.29, 1.82) is 0 Å². The van der Waals surface area contributed by atoms with E-state index in [9.17, 15) is 50.1 Å². The van der Waals surface area contributed by atoms with Gasteiger partial charge < -0.3 is 73.6 Å². The van der Waals surface area contributed by atoms with Gasteiger partial charge in [-0.05, 0) is 111 Å². The number of aliphatic hydroxyl groups is 6. The number of fused-ring (bicyclic) bond motifs is 7. The first kappa shape index (κ1) is 52.0. The highest BCUT2D eigenvalue weighted by Gasteiger charge is 2.70. The molecule has 68 heavy (non-hydrogen) atoms. The van der Waals surface area contributed by atoms with Crippen LogP contribution in [-0.4, -0.2) is 159 Å². The summed E-state index contributed by atoms with van der Waals surface area (Å²) in [6, 6.07) is 0. The van der Waals surface area contributed by atoms with Crippen LogP contribution < -0.4 is 0 Å². The zero-order valence-corrected chi connectivity index (χ0v) is 41.2. The van der Waals surface area contributed by atoms with Gasteiger partial charge in [0.1, 0.15) is 42.7 Å². The number of aliphatic hydroxyl groups excluding tert-OH is 6. The van der Waals surface area contributed by atoms with Crippen molar-refractivity contribution in [3.63, 3.8) is 0 Å². The Labute approximate surface area is 399 Å². The van der Waals surface area contributed by atoms with E-state index in [-0.39, 0.29) is 59.2 Å². The summed E-state index contributed by atoms with van der Waals surface area (Å²) in [4.78, 5) is 36.9. The average Bonchev–Trinajstić information content (AvgIpc) is 3.26. The number of carboxylic acid groups (broad SMARTS) is 1. The van der Waals surface area contributed by atoms with Gasteiger partial charge in [-0.3, -0.25) is 14.4 Å². The fourth-order valence-corrected chi connectivity index (χ4v) is 15.1. The number of rotatable bonds is 10. The summed E-state index contributed by atoms with van der Waals surface area (Å²) in [5.74, 6) is -1.93. The number of hydrogen-bond donors (Lipinski definition) is 7. The first-order valence-electron chi connectivity index (χ1n) is 24.9. The molecule has 18 nitrogen and oxygen atoms in total. The maximum Gasteiger partial charge on any atom is 0.310 e. The Morgan fingerprint density at radius 2 is 1.35 bits per heavy atom. The van der Waals surface area contributed by atoms with E-state index >= 15 is 0 Å². The molecule has 4 saturated carbocycles. The number of ether oxygens (including phenoxy) is 8. The first-order valence-corrected chi connectivity index (χ1v) is 24.9. The molecule has 3 saturated heterocycles. The lowest BCUT2D eigenvalue weighted by Gasteiger charge is -2.71. The molecule has 3 heterocycles. The third kappa shape index (κ3) is 8.49. The molecule has 22 atom stereocenters. The SMILES string of the molecule is CC(=O)O[C@H]1[C@H](O[C@@H]2[C@@H](O)[C@H](C)O[C@@H](O[C@H]3[C@H](O[C@H]4CC[C@@]5(C)[C@@H](CC[C@]6(C)[C@@H]5CC=C5[C@H]7CC(C)(C)CC[C@]7(C(=O)O)CC[C@]56C)[C@]4(C)CO)OC[C@H](O)[C@@H]3O)[C@@H]2O)OC[C@H](OC(C)=O)[C@@H]1O. The zero-order valence-electron chi connectivity index (χ0n) is 41.2. The van der Waals surface area contributed by atoms with Gasteiger partial charge >= 0.3 is 17.9 Å². The van der Waals surface area contributed by atoms with Gasteiger partial charge in [0.2, 0.25) is 0 Å². The van der Waals surface area contributed by atoms with Crippen LogP contribution in [0.25, 0.3) is 0 Å². The Kier molecular flexibility index (Phi) is 14.2. The fraction of sp³-hybridized carbons (Fsp3) is 0.900. The van der Waals surface area contributed by atoms with Crippen molar-refractivity contribution in [1.82, 2.24) is 0 Å². The molecule has 5 aliphatic carbocycles. The van der Waals surface area contributed by atoms with Gasteiger partial charge in [-0.1, -0.05) is 53.2 Å². The van der Waals surface area contributed by atoms with Crippen LogP contribution in [0.1, 0.15) is 127 Å². The number of allylic oxidation sites excluding steroid dienone is 2. The third-order valence-electron chi connectivity index (χ3n) is 19.3. The lowest BCUT2D eigenvalue weighted by Crippen LogP contribution is -2.67. The van der Waals surface area contributed by atoms with Crippen LogP contribution in [0.5, 0.6) is 0 Å². The van der Waals surface area contributed by atoms with Crippen LogP contribution >= 0.6 is 0 Å². The largest absolute Gasteiger partial charge is 0.481 e. The predicted molar refractivity (Wildman–Crippen MR) is 238 cm³/mol. The monoisotopic (exact) mass is 967 g/mol. The molecule has 0 bridgehead atoms. The van der Waals surface area contributed by atoms with Gasteiger partial charge in [0.05, 0.1) is 37.4 Å². The van der Waals surface area contributed by atoms with E-state index in [1.54, 1.807) is 0 Å². The summed E-state index contributed by atoms with van der Waals surface area (Å²) < 4.78 is 47.2. The van der Waals surface area contributed by atoms with Crippen molar-refractivity contribution in [2.24, 2.45) is 50.2 Å². The molecule has 7 fully saturated rings. The standard InChI is InChI=1S/C50H78O18/c1-24-34(55)38(67-43-40(65-26(3)53)36(57)30(22-62-43)64-25(2)52)37(58)41(63-24)68-39-35(56)29(54)21-61-42(39)66-33-13-14-46(6)31(47(33,7)23-51)12-15-49(9)32(46)11-10-27-28-20-45(4,5)16-18-50(28,44(59)60)19-17-48(27,49)8/h10,24,28-43,51,54-58H,11-23H2,1-9H3,(H,59,60)/t24-,28+,29-,30-,31+,32+,33-,34-,35-,36-,37+,38+,39+,40+,41-,42-,43-,46-,47-,48+,49+,50-/m0/s1. The van der Waals surface area contributed by atoms with E-state index in [1.165, 1.54) is 12.5 Å². The fourth-order valence-electron chi connectivity index (χ4n) is 15.1. The lowest BCUT2D eigenvalue weighted by atomic mass is 9.33. The molecule has 7 N–H and O–H groups in total. The highest BCUT2D eigenvalue weighted by Crippen LogP contribution is 2.76. The average molecular weight is 967 g/mol. The number of hydrogen-bond acceptors (Lipinski definition) is 17. The zero-order chi connectivity index (χ0) is 49.7. The van der Waals surface area contributed by atoms with Crippen LogP contribution in [0.2, 0.25) is 0 Å². The molecule has 386 valence electrons. The predicted octanol–water partition coefficient (Wildman–Crippen LogP) is 3.13. The Bertz CT molecular complexity index is 1930. The summed E-state index contributed by atoms with van der Waals surface area (Å²) in [5.41, 5.74) is -0.647. The summed E-state index contributed by atoms with van der Waals surface area (Å²) in [5, 5.41) is 78.6. The minimum atomic E-state index is -1.80. The molecule has 0 unspecified atom stereocenters. The van der Waals surface area contributed by atoms with Gasteiger partial charge in [0.25, 0.3) is 0 Å². The smallest absolute Gasteiger partial charge is 0.310 e. The summed E-state index contributed by atoms with van der Waals surface area (Å²) in [6.45, 7) is 16.7. The van der Waals surface area contributed by atoms with Crippen molar-refractivity contribution in [2.75, 3.05) is 19.8 Å². The van der Waals surface area contributed by atoms with E-state index in [0.29, 0.717) is 19.3 Å². The van der Waals surface area contributed by atoms with Crippen LogP contribution in [0.3, 0.4) is 0 Å². The van der Waals surface area contributed by atoms with Crippen molar-refractivity contribution < 1.29 is 88.0 Å². The maximum atomic E-state index is 13.2. The van der Waals surface area contributed by atoms with Crippen LogP contribution in [0, 0.1) is 50.2 Å². The Morgan fingerprint density at radius 1 is 0.706 bits per heavy atom. The molecule has 18 heteroatoms. The van der Waals surface area contributed by atoms with E-state index in [2.05, 4.69) is 40.7 Å².